The predicted octanol–water partition coefficient (Wildman–Crippen LogP) is 3.22. The third-order valence-electron chi connectivity index (χ3n) is 4.80. The van der Waals surface area contributed by atoms with Crippen molar-refractivity contribution in [2.45, 2.75) is 18.4 Å². The molecule has 1 spiro atoms. The first-order valence-corrected chi connectivity index (χ1v) is 9.00. The van der Waals surface area contributed by atoms with Crippen LogP contribution in [0.2, 0.25) is 0 Å². The van der Waals surface area contributed by atoms with Crippen molar-refractivity contribution in [2.75, 3.05) is 13.2 Å². The maximum atomic E-state index is 13.0. The molecule has 0 saturated carbocycles. The third kappa shape index (κ3) is 2.70. The van der Waals surface area contributed by atoms with Gasteiger partial charge in [0.1, 0.15) is 17.9 Å². The van der Waals surface area contributed by atoms with Gasteiger partial charge in [0.15, 0.2) is 0 Å². The van der Waals surface area contributed by atoms with Crippen molar-refractivity contribution < 1.29 is 14.3 Å². The van der Waals surface area contributed by atoms with E-state index in [0.29, 0.717) is 12.2 Å². The molecule has 2 aliphatic rings. The van der Waals surface area contributed by atoms with E-state index in [2.05, 4.69) is 21.2 Å². The first-order valence-electron chi connectivity index (χ1n) is 8.21. The molecule has 0 unspecified atom stereocenters. The molecular formula is C19H17BrN2O3. The van der Waals surface area contributed by atoms with Crippen LogP contribution in [-0.2, 0) is 16.8 Å². The van der Waals surface area contributed by atoms with E-state index < -0.39 is 5.54 Å². The Labute approximate surface area is 154 Å². The minimum Gasteiger partial charge on any atom is -0.492 e. The number of hydrogen-bond acceptors (Lipinski definition) is 3. The molecule has 1 N–H and O–H groups in total. The van der Waals surface area contributed by atoms with Crippen molar-refractivity contribution in [3.63, 3.8) is 0 Å². The molecule has 0 aromatic heterocycles. The summed E-state index contributed by atoms with van der Waals surface area (Å²) in [6, 6.07) is 14.9. The molecule has 1 fully saturated rings. The molecule has 1 saturated heterocycles. The van der Waals surface area contributed by atoms with E-state index in [1.807, 2.05) is 48.5 Å². The highest BCUT2D eigenvalue weighted by molar-refractivity contribution is 9.10. The number of hydrogen-bond donors (Lipinski definition) is 1. The van der Waals surface area contributed by atoms with Crippen LogP contribution >= 0.6 is 15.9 Å². The Morgan fingerprint density at radius 1 is 1.16 bits per heavy atom. The molecular weight excluding hydrogens is 384 g/mol. The number of fused-ring (bicyclic) bond motifs is 2. The molecule has 1 heterocycles. The van der Waals surface area contributed by atoms with E-state index in [9.17, 15) is 9.59 Å². The number of urea groups is 1. The summed E-state index contributed by atoms with van der Waals surface area (Å²) in [5.74, 6) is 0.516. The highest BCUT2D eigenvalue weighted by Gasteiger charge is 2.54. The summed E-state index contributed by atoms with van der Waals surface area (Å²) in [6.45, 7) is 0.481. The number of carbonyl (C=O) groups is 2. The Balaban J connectivity index is 1.47. The second kappa shape index (κ2) is 6.19. The number of nitrogens with one attached hydrogen (secondary N) is 1. The summed E-state index contributed by atoms with van der Waals surface area (Å²) in [6.07, 6.45) is 1.41. The monoisotopic (exact) mass is 400 g/mol. The number of ether oxygens (including phenoxy) is 1. The highest BCUT2D eigenvalue weighted by Crippen LogP contribution is 2.41. The number of aryl methyl sites for hydroxylation is 1. The summed E-state index contributed by atoms with van der Waals surface area (Å²) < 4.78 is 6.58. The first-order chi connectivity index (χ1) is 12.1. The lowest BCUT2D eigenvalue weighted by atomic mass is 9.92. The minimum atomic E-state index is -0.899. The number of nitrogens with zero attached hydrogens (tertiary/aromatic N) is 1. The van der Waals surface area contributed by atoms with E-state index >= 15 is 0 Å². The maximum absolute atomic E-state index is 13.0. The van der Waals surface area contributed by atoms with Crippen molar-refractivity contribution in [2.24, 2.45) is 0 Å². The fourth-order valence-corrected chi connectivity index (χ4v) is 3.98. The van der Waals surface area contributed by atoms with Gasteiger partial charge in [-0.15, -0.1) is 0 Å². The van der Waals surface area contributed by atoms with E-state index in [1.165, 1.54) is 4.90 Å². The van der Waals surface area contributed by atoms with Crippen LogP contribution in [0.4, 0.5) is 4.79 Å². The van der Waals surface area contributed by atoms with E-state index in [-0.39, 0.29) is 25.1 Å². The third-order valence-corrected chi connectivity index (χ3v) is 5.30. The topological polar surface area (TPSA) is 58.6 Å². The van der Waals surface area contributed by atoms with Crippen LogP contribution in [-0.4, -0.2) is 30.0 Å². The smallest absolute Gasteiger partial charge is 0.325 e. The average molecular weight is 401 g/mol. The van der Waals surface area contributed by atoms with E-state index in [1.54, 1.807) is 0 Å². The van der Waals surface area contributed by atoms with Crippen molar-refractivity contribution in [1.82, 2.24) is 10.2 Å². The molecule has 25 heavy (non-hydrogen) atoms. The van der Waals surface area contributed by atoms with Crippen LogP contribution in [0.3, 0.4) is 0 Å². The zero-order chi connectivity index (χ0) is 17.4. The maximum Gasteiger partial charge on any atom is 0.325 e. The van der Waals surface area contributed by atoms with Crippen molar-refractivity contribution in [3.05, 3.63) is 64.1 Å². The second-order valence-electron chi connectivity index (χ2n) is 6.26. The first kappa shape index (κ1) is 16.1. The fourth-order valence-electron chi connectivity index (χ4n) is 3.60. The molecule has 3 amide bonds. The van der Waals surface area contributed by atoms with Gasteiger partial charge in [0.05, 0.1) is 6.54 Å². The van der Waals surface area contributed by atoms with Crippen molar-refractivity contribution >= 4 is 27.9 Å². The largest absolute Gasteiger partial charge is 0.492 e. The van der Waals surface area contributed by atoms with Crippen LogP contribution in [0.1, 0.15) is 17.5 Å². The molecule has 4 rings (SSSR count). The molecule has 1 aliphatic heterocycles. The summed E-state index contributed by atoms with van der Waals surface area (Å²) in [7, 11) is 0. The average Bonchev–Trinajstić information content (AvgIpc) is 3.09. The highest BCUT2D eigenvalue weighted by atomic mass is 79.9. The van der Waals surface area contributed by atoms with Crippen LogP contribution in [0.5, 0.6) is 5.75 Å². The van der Waals surface area contributed by atoms with Gasteiger partial charge in [0, 0.05) is 4.47 Å². The van der Waals surface area contributed by atoms with E-state index in [4.69, 9.17) is 4.74 Å². The Bertz CT molecular complexity index is 854. The molecule has 1 atom stereocenters. The van der Waals surface area contributed by atoms with Gasteiger partial charge in [0.25, 0.3) is 5.91 Å². The number of rotatable bonds is 4. The van der Waals surface area contributed by atoms with Crippen LogP contribution < -0.4 is 10.1 Å². The molecule has 5 nitrogen and oxygen atoms in total. The van der Waals surface area contributed by atoms with Gasteiger partial charge in [0.2, 0.25) is 0 Å². The molecule has 2 aromatic rings. The van der Waals surface area contributed by atoms with Gasteiger partial charge >= 0.3 is 6.03 Å². The fraction of sp³-hybridized carbons (Fsp3) is 0.263. The zero-order valence-electron chi connectivity index (χ0n) is 13.5. The molecule has 2 aromatic carbocycles. The standard InChI is InChI=1S/C19H17BrN2O3/c20-14-5-3-6-15(12-14)25-11-10-22-17(23)19(21-18(22)24)9-8-13-4-1-2-7-16(13)19/h1-7,12H,8-11H2,(H,21,24)/t19-/m0/s1. The number of benzene rings is 2. The quantitative estimate of drug-likeness (QED) is 0.801. The summed E-state index contributed by atoms with van der Waals surface area (Å²) >= 11 is 3.39. The van der Waals surface area contributed by atoms with Gasteiger partial charge in [-0.25, -0.2) is 4.79 Å². The second-order valence-corrected chi connectivity index (χ2v) is 7.17. The van der Waals surface area contributed by atoms with Gasteiger partial charge in [-0.05, 0) is 42.2 Å². The van der Waals surface area contributed by atoms with Crippen LogP contribution in [0.25, 0.3) is 0 Å². The molecule has 128 valence electrons. The minimum absolute atomic E-state index is 0.180. The Hall–Kier alpha value is -2.34. The normalized spacial score (nSPS) is 21.6. The lowest BCUT2D eigenvalue weighted by molar-refractivity contribution is -0.131. The summed E-state index contributed by atoms with van der Waals surface area (Å²) in [5.41, 5.74) is 1.15. The predicted molar refractivity (Wildman–Crippen MR) is 96.3 cm³/mol. The van der Waals surface area contributed by atoms with E-state index in [0.717, 1.165) is 22.0 Å². The number of imide groups is 1. The molecule has 6 heteroatoms. The SMILES string of the molecule is O=C1N[C@]2(CCc3ccccc32)C(=O)N1CCOc1cccc(Br)c1. The van der Waals surface area contributed by atoms with Gasteiger partial charge < -0.3 is 10.1 Å². The van der Waals surface area contributed by atoms with Gasteiger partial charge in [-0.1, -0.05) is 46.3 Å². The number of halogens is 1. The zero-order valence-corrected chi connectivity index (χ0v) is 15.1. The Morgan fingerprint density at radius 2 is 2.00 bits per heavy atom. The Morgan fingerprint density at radius 3 is 2.84 bits per heavy atom. The van der Waals surface area contributed by atoms with Crippen molar-refractivity contribution in [1.29, 1.82) is 0 Å². The molecule has 0 bridgehead atoms. The lowest BCUT2D eigenvalue weighted by Gasteiger charge is -2.22. The summed E-state index contributed by atoms with van der Waals surface area (Å²) in [5, 5.41) is 2.92. The summed E-state index contributed by atoms with van der Waals surface area (Å²) in [4.78, 5) is 26.6. The number of amides is 3. The molecule has 1 aliphatic carbocycles. The van der Waals surface area contributed by atoms with Crippen molar-refractivity contribution in [3.8, 4) is 5.75 Å². The lowest BCUT2D eigenvalue weighted by Crippen LogP contribution is -2.42. The Kier molecular flexibility index (Phi) is 4.00. The number of carbonyl (C=O) groups excluding carboxylic acids is 2. The van der Waals surface area contributed by atoms with Gasteiger partial charge in [-0.2, -0.15) is 0 Å². The van der Waals surface area contributed by atoms with Gasteiger partial charge in [-0.3, -0.25) is 9.69 Å². The molecule has 0 radical (unpaired) electrons. The van der Waals surface area contributed by atoms with Crippen LogP contribution in [0, 0.1) is 0 Å². The van der Waals surface area contributed by atoms with Crippen LogP contribution in [0.15, 0.2) is 53.0 Å².